The Labute approximate surface area is 59.9 Å². The Morgan fingerprint density at radius 1 is 1.80 bits per heavy atom. The summed E-state index contributed by atoms with van der Waals surface area (Å²) in [4.78, 5) is 4.07. The van der Waals surface area contributed by atoms with Crippen molar-refractivity contribution in [3.8, 4) is 6.07 Å². The average molecular weight is 135 g/mol. The zero-order valence-electron chi connectivity index (χ0n) is 5.91. The van der Waals surface area contributed by atoms with E-state index in [4.69, 9.17) is 5.26 Å². The smallest absolute Gasteiger partial charge is 0.0946 e. The lowest BCUT2D eigenvalue weighted by atomic mass is 10.3. The van der Waals surface area contributed by atoms with E-state index >= 15 is 0 Å². The third kappa shape index (κ3) is 1.59. The number of aromatic nitrogens is 2. The van der Waals surface area contributed by atoms with Crippen LogP contribution in [0.2, 0.25) is 0 Å². The highest BCUT2D eigenvalue weighted by molar-refractivity contribution is 4.97. The van der Waals surface area contributed by atoms with Crippen LogP contribution >= 0.6 is 0 Å². The average Bonchev–Trinajstić information content (AvgIpc) is 2.31. The van der Waals surface area contributed by atoms with Gasteiger partial charge >= 0.3 is 0 Å². The van der Waals surface area contributed by atoms with Crippen LogP contribution in [0.25, 0.3) is 0 Å². The lowest BCUT2D eigenvalue weighted by Crippen LogP contribution is -1.82. The molecule has 1 aromatic heterocycles. The molecule has 0 unspecified atom stereocenters. The maximum Gasteiger partial charge on any atom is 0.0946 e. The first kappa shape index (κ1) is 6.81. The van der Waals surface area contributed by atoms with Gasteiger partial charge in [-0.3, -0.25) is 0 Å². The first-order valence-corrected chi connectivity index (χ1v) is 3.16. The second kappa shape index (κ2) is 3.02. The quantitative estimate of drug-likeness (QED) is 0.604. The maximum absolute atomic E-state index is 8.25. The highest BCUT2D eigenvalue weighted by atomic mass is 15.0. The van der Waals surface area contributed by atoms with Crippen molar-refractivity contribution in [3.63, 3.8) is 0 Å². The summed E-state index contributed by atoms with van der Waals surface area (Å²) in [5.74, 6) is 0. The van der Waals surface area contributed by atoms with Crippen LogP contribution in [0.1, 0.15) is 12.1 Å². The predicted molar refractivity (Wildman–Crippen MR) is 37.1 cm³/mol. The van der Waals surface area contributed by atoms with Crippen LogP contribution in [0.3, 0.4) is 0 Å². The summed E-state index contributed by atoms with van der Waals surface area (Å²) in [7, 11) is 1.92. The molecular weight excluding hydrogens is 126 g/mol. The molecule has 0 radical (unpaired) electrons. The summed E-state index contributed by atoms with van der Waals surface area (Å²) in [6.07, 6.45) is 4.98. The molecule has 52 valence electrons. The monoisotopic (exact) mass is 135 g/mol. The van der Waals surface area contributed by atoms with Crippen LogP contribution in [0.15, 0.2) is 12.5 Å². The Morgan fingerprint density at radius 2 is 2.60 bits per heavy atom. The van der Waals surface area contributed by atoms with Crippen molar-refractivity contribution in [1.82, 2.24) is 9.55 Å². The highest BCUT2D eigenvalue weighted by Crippen LogP contribution is 1.96. The number of imidazole rings is 1. The minimum Gasteiger partial charge on any atom is -0.340 e. The van der Waals surface area contributed by atoms with E-state index in [2.05, 4.69) is 11.1 Å². The van der Waals surface area contributed by atoms with Gasteiger partial charge in [0.15, 0.2) is 0 Å². The van der Waals surface area contributed by atoms with Gasteiger partial charge in [0.1, 0.15) is 0 Å². The molecule has 0 aliphatic carbocycles. The van der Waals surface area contributed by atoms with Gasteiger partial charge in [-0.25, -0.2) is 4.98 Å². The van der Waals surface area contributed by atoms with E-state index in [-0.39, 0.29) is 0 Å². The fourth-order valence-electron chi connectivity index (χ4n) is 0.780. The van der Waals surface area contributed by atoms with Crippen molar-refractivity contribution < 1.29 is 0 Å². The van der Waals surface area contributed by atoms with Crippen LogP contribution in [0, 0.1) is 11.3 Å². The molecule has 0 aromatic carbocycles. The van der Waals surface area contributed by atoms with Gasteiger partial charge in [-0.05, 0) is 0 Å². The van der Waals surface area contributed by atoms with Crippen molar-refractivity contribution in [1.29, 1.82) is 5.26 Å². The van der Waals surface area contributed by atoms with Gasteiger partial charge in [0, 0.05) is 26.1 Å². The molecule has 0 N–H and O–H groups in total. The summed E-state index contributed by atoms with van der Waals surface area (Å²) in [6.45, 7) is 0. The fraction of sp³-hybridized carbons (Fsp3) is 0.429. The number of nitrogens with zero attached hydrogens (tertiary/aromatic N) is 3. The molecule has 0 spiro atoms. The number of hydrogen-bond donors (Lipinski definition) is 0. The standard InChI is InChI=1S/C7H9N3/c1-10-5-7(9-6-10)3-2-4-8/h5-6H,2-3H2,1H3. The van der Waals surface area contributed by atoms with E-state index in [0.29, 0.717) is 6.42 Å². The second-order valence-corrected chi connectivity index (χ2v) is 2.19. The molecule has 0 bridgehead atoms. The Hall–Kier alpha value is -1.30. The molecule has 0 amide bonds. The van der Waals surface area contributed by atoms with Gasteiger partial charge in [0.05, 0.1) is 18.1 Å². The summed E-state index contributed by atoms with van der Waals surface area (Å²) >= 11 is 0. The third-order valence-electron chi connectivity index (χ3n) is 1.25. The Bertz CT molecular complexity index is 244. The molecule has 0 fully saturated rings. The molecule has 0 aliphatic heterocycles. The molecular formula is C7H9N3. The minimum absolute atomic E-state index is 0.553. The minimum atomic E-state index is 0.553. The Morgan fingerprint density at radius 3 is 3.10 bits per heavy atom. The van der Waals surface area contributed by atoms with E-state index in [1.165, 1.54) is 0 Å². The number of nitriles is 1. The van der Waals surface area contributed by atoms with Crippen LogP contribution < -0.4 is 0 Å². The van der Waals surface area contributed by atoms with Gasteiger partial charge in [-0.2, -0.15) is 5.26 Å². The molecule has 1 heterocycles. The predicted octanol–water partition coefficient (Wildman–Crippen LogP) is 0.876. The largest absolute Gasteiger partial charge is 0.340 e. The van der Waals surface area contributed by atoms with E-state index in [1.807, 2.05) is 17.8 Å². The molecule has 3 heteroatoms. The zero-order valence-corrected chi connectivity index (χ0v) is 5.91. The molecule has 0 atom stereocenters. The second-order valence-electron chi connectivity index (χ2n) is 2.19. The van der Waals surface area contributed by atoms with Crippen LogP contribution in [0.4, 0.5) is 0 Å². The van der Waals surface area contributed by atoms with E-state index in [1.54, 1.807) is 6.33 Å². The van der Waals surface area contributed by atoms with Crippen molar-refractivity contribution in [3.05, 3.63) is 18.2 Å². The van der Waals surface area contributed by atoms with Gasteiger partial charge < -0.3 is 4.57 Å². The summed E-state index contributed by atoms with van der Waals surface area (Å²) in [5, 5.41) is 8.25. The van der Waals surface area contributed by atoms with Crippen molar-refractivity contribution >= 4 is 0 Å². The van der Waals surface area contributed by atoms with E-state index in [0.717, 1.165) is 12.1 Å². The summed E-state index contributed by atoms with van der Waals surface area (Å²) in [5.41, 5.74) is 0.990. The van der Waals surface area contributed by atoms with E-state index < -0.39 is 0 Å². The number of aryl methyl sites for hydroxylation is 2. The Kier molecular flexibility index (Phi) is 2.06. The summed E-state index contributed by atoms with van der Waals surface area (Å²) < 4.78 is 1.88. The first-order chi connectivity index (χ1) is 4.83. The zero-order chi connectivity index (χ0) is 7.40. The summed E-state index contributed by atoms with van der Waals surface area (Å²) in [6, 6.07) is 2.08. The lowest BCUT2D eigenvalue weighted by Gasteiger charge is -1.85. The van der Waals surface area contributed by atoms with Crippen molar-refractivity contribution in [2.45, 2.75) is 12.8 Å². The van der Waals surface area contributed by atoms with Gasteiger partial charge in [-0.15, -0.1) is 0 Å². The number of hydrogen-bond acceptors (Lipinski definition) is 2. The van der Waals surface area contributed by atoms with Gasteiger partial charge in [0.25, 0.3) is 0 Å². The van der Waals surface area contributed by atoms with Crippen LogP contribution in [-0.2, 0) is 13.5 Å². The van der Waals surface area contributed by atoms with Gasteiger partial charge in [-0.1, -0.05) is 0 Å². The Balaban J connectivity index is 2.52. The molecule has 0 aliphatic rings. The van der Waals surface area contributed by atoms with E-state index in [9.17, 15) is 0 Å². The number of rotatable bonds is 2. The normalized spacial score (nSPS) is 9.20. The molecule has 1 aromatic rings. The first-order valence-electron chi connectivity index (χ1n) is 3.16. The highest BCUT2D eigenvalue weighted by Gasteiger charge is 1.93. The topological polar surface area (TPSA) is 41.6 Å². The molecule has 3 nitrogen and oxygen atoms in total. The molecule has 1 rings (SSSR count). The van der Waals surface area contributed by atoms with Crippen LogP contribution in [0.5, 0.6) is 0 Å². The van der Waals surface area contributed by atoms with Crippen molar-refractivity contribution in [2.24, 2.45) is 7.05 Å². The lowest BCUT2D eigenvalue weighted by molar-refractivity contribution is 0.910. The fourth-order valence-corrected chi connectivity index (χ4v) is 0.780. The van der Waals surface area contributed by atoms with Crippen LogP contribution in [-0.4, -0.2) is 9.55 Å². The van der Waals surface area contributed by atoms with Gasteiger partial charge in [0.2, 0.25) is 0 Å². The SMILES string of the molecule is Cn1cnc(CCC#N)c1. The molecule has 0 saturated carbocycles. The van der Waals surface area contributed by atoms with Crippen molar-refractivity contribution in [2.75, 3.05) is 0 Å². The third-order valence-corrected chi connectivity index (χ3v) is 1.25. The maximum atomic E-state index is 8.25. The molecule has 0 saturated heterocycles. The molecule has 10 heavy (non-hydrogen) atoms.